The van der Waals surface area contributed by atoms with E-state index in [1.165, 1.54) is 0 Å². The Labute approximate surface area is 228 Å². The maximum atomic E-state index is 13.6. The van der Waals surface area contributed by atoms with Crippen LogP contribution in [0.3, 0.4) is 0 Å². The third kappa shape index (κ3) is 4.80. The van der Waals surface area contributed by atoms with Crippen LogP contribution >= 0.6 is 15.9 Å². The Morgan fingerprint density at radius 3 is 2.66 bits per heavy atom. The number of aromatic nitrogens is 2. The van der Waals surface area contributed by atoms with E-state index in [1.807, 2.05) is 60.8 Å². The molecular weight excluding hydrogens is 548 g/mol. The van der Waals surface area contributed by atoms with Gasteiger partial charge >= 0.3 is 0 Å². The Kier molecular flexibility index (Phi) is 7.27. The van der Waals surface area contributed by atoms with Crippen LogP contribution in [0.5, 0.6) is 5.75 Å². The molecule has 8 nitrogen and oxygen atoms in total. The van der Waals surface area contributed by atoms with E-state index < -0.39 is 11.8 Å². The summed E-state index contributed by atoms with van der Waals surface area (Å²) in [6, 6.07) is 17.3. The minimum absolute atomic E-state index is 0.0435. The maximum absolute atomic E-state index is 13.6. The number of amides is 2. The second kappa shape index (κ2) is 10.8. The summed E-state index contributed by atoms with van der Waals surface area (Å²) in [7, 11) is 1.60. The zero-order chi connectivity index (χ0) is 26.8. The first kappa shape index (κ1) is 25.6. The van der Waals surface area contributed by atoms with Crippen molar-refractivity contribution < 1.29 is 19.1 Å². The molecule has 3 aromatic rings. The summed E-state index contributed by atoms with van der Waals surface area (Å²) >= 11 is 3.54. The van der Waals surface area contributed by atoms with Crippen LogP contribution in [-0.4, -0.2) is 52.9 Å². The van der Waals surface area contributed by atoms with Gasteiger partial charge in [0.2, 0.25) is 0 Å². The summed E-state index contributed by atoms with van der Waals surface area (Å²) in [4.78, 5) is 27.8. The molecule has 3 heterocycles. The van der Waals surface area contributed by atoms with Crippen molar-refractivity contribution in [2.24, 2.45) is 0 Å². The number of nitrogens with zero attached hydrogens (tertiary/aromatic N) is 4. The van der Waals surface area contributed by atoms with Crippen LogP contribution in [-0.2, 0) is 14.3 Å². The molecule has 2 aliphatic rings. The topological polar surface area (TPSA) is 97.4 Å². The first-order valence-electron chi connectivity index (χ1n) is 12.2. The molecule has 2 amide bonds. The summed E-state index contributed by atoms with van der Waals surface area (Å²) in [5, 5.41) is 14.6. The first-order chi connectivity index (χ1) is 18.4. The number of carbonyl (C=O) groups is 2. The molecule has 0 bridgehead atoms. The minimum atomic E-state index is -0.582. The highest BCUT2D eigenvalue weighted by Gasteiger charge is 2.37. The molecule has 9 heteroatoms. The van der Waals surface area contributed by atoms with Crippen molar-refractivity contribution in [1.82, 2.24) is 14.7 Å². The fourth-order valence-electron chi connectivity index (χ4n) is 4.69. The van der Waals surface area contributed by atoms with Crippen LogP contribution in [0.25, 0.3) is 23.0 Å². The van der Waals surface area contributed by atoms with Crippen LogP contribution < -0.4 is 4.74 Å². The predicted molar refractivity (Wildman–Crippen MR) is 145 cm³/mol. The number of carbonyl (C=O) groups excluding carboxylic acids is 2. The lowest BCUT2D eigenvalue weighted by molar-refractivity contribution is -0.142. The predicted octanol–water partition coefficient (Wildman–Crippen LogP) is 5.08. The van der Waals surface area contributed by atoms with E-state index >= 15 is 0 Å². The lowest BCUT2D eigenvalue weighted by Gasteiger charge is -2.29. The number of para-hydroxylation sites is 1. The fraction of sp³-hybridized carbons (Fsp3) is 0.241. The quantitative estimate of drug-likeness (QED) is 0.302. The Bertz CT molecular complexity index is 1510. The molecule has 0 aliphatic carbocycles. The Hall–Kier alpha value is -4.00. The Morgan fingerprint density at radius 1 is 1.21 bits per heavy atom. The smallest absolute Gasteiger partial charge is 0.271 e. The monoisotopic (exact) mass is 572 g/mol. The first-order valence-corrected chi connectivity index (χ1v) is 13.0. The molecule has 1 atom stereocenters. The number of hydrogen-bond acceptors (Lipinski definition) is 6. The molecule has 0 saturated carbocycles. The number of rotatable bonds is 6. The molecule has 2 aliphatic heterocycles. The molecule has 192 valence electrons. The maximum Gasteiger partial charge on any atom is 0.271 e. The van der Waals surface area contributed by atoms with Crippen molar-refractivity contribution in [3.05, 3.63) is 81.5 Å². The van der Waals surface area contributed by atoms with E-state index in [0.29, 0.717) is 29.2 Å². The molecule has 2 aromatic carbocycles. The van der Waals surface area contributed by atoms with Gasteiger partial charge in [-0.05, 0) is 77.7 Å². The summed E-state index contributed by atoms with van der Waals surface area (Å²) < 4.78 is 13.5. The molecule has 1 aromatic heterocycles. The number of benzene rings is 2. The molecule has 0 radical (unpaired) electrons. The number of halogens is 1. The lowest BCUT2D eigenvalue weighted by atomic mass is 9.93. The highest BCUT2D eigenvalue weighted by atomic mass is 79.9. The zero-order valence-electron chi connectivity index (χ0n) is 21.0. The van der Waals surface area contributed by atoms with Gasteiger partial charge in [0.05, 0.1) is 29.9 Å². The molecule has 0 N–H and O–H groups in total. The fourth-order valence-corrected chi connectivity index (χ4v) is 5.23. The standard InChI is InChI=1S/C29H25BrN4O4/c1-18-23(28(35)33(29(36)24(18)15-31)17-22-9-6-12-38-22)13-20-16-34(21-7-4-3-5-8-21)32-27(20)19-10-11-26(37-2)25(30)14-19/h3-5,7-8,10-11,13-14,16,22H,6,9,12,17H2,1-2H3/b23-13+. The van der Waals surface area contributed by atoms with Crippen molar-refractivity contribution in [2.75, 3.05) is 20.3 Å². The van der Waals surface area contributed by atoms with Crippen LogP contribution in [0.15, 0.2) is 75.9 Å². The van der Waals surface area contributed by atoms with Crippen molar-refractivity contribution in [3.63, 3.8) is 0 Å². The van der Waals surface area contributed by atoms with E-state index in [0.717, 1.165) is 33.5 Å². The van der Waals surface area contributed by atoms with Crippen molar-refractivity contribution in [2.45, 2.75) is 25.9 Å². The van der Waals surface area contributed by atoms with Crippen LogP contribution in [0, 0.1) is 11.3 Å². The van der Waals surface area contributed by atoms with Gasteiger partial charge in [0, 0.05) is 29.5 Å². The molecular formula is C29H25BrN4O4. The third-order valence-electron chi connectivity index (χ3n) is 6.72. The van der Waals surface area contributed by atoms with E-state index in [1.54, 1.807) is 24.8 Å². The van der Waals surface area contributed by atoms with Crippen molar-refractivity contribution >= 4 is 33.8 Å². The van der Waals surface area contributed by atoms with Crippen molar-refractivity contribution in [1.29, 1.82) is 5.26 Å². The number of nitriles is 1. The van der Waals surface area contributed by atoms with Gasteiger partial charge in [-0.15, -0.1) is 0 Å². The average Bonchev–Trinajstić information content (AvgIpc) is 3.60. The highest BCUT2D eigenvalue weighted by molar-refractivity contribution is 9.10. The van der Waals surface area contributed by atoms with E-state index in [2.05, 4.69) is 15.9 Å². The molecule has 5 rings (SSSR count). The number of imide groups is 1. The third-order valence-corrected chi connectivity index (χ3v) is 7.34. The largest absolute Gasteiger partial charge is 0.496 e. The van der Waals surface area contributed by atoms with E-state index in [-0.39, 0.29) is 23.8 Å². The second-order valence-electron chi connectivity index (χ2n) is 9.09. The van der Waals surface area contributed by atoms with Crippen LogP contribution in [0.1, 0.15) is 25.3 Å². The summed E-state index contributed by atoms with van der Waals surface area (Å²) in [6.07, 6.45) is 4.97. The molecule has 1 unspecified atom stereocenters. The van der Waals surface area contributed by atoms with Gasteiger partial charge in [-0.25, -0.2) is 4.68 Å². The van der Waals surface area contributed by atoms with Gasteiger partial charge in [-0.3, -0.25) is 14.5 Å². The summed E-state index contributed by atoms with van der Waals surface area (Å²) in [6.45, 7) is 2.35. The molecule has 1 saturated heterocycles. The van der Waals surface area contributed by atoms with E-state index in [9.17, 15) is 14.9 Å². The van der Waals surface area contributed by atoms with Gasteiger partial charge in [-0.1, -0.05) is 18.2 Å². The van der Waals surface area contributed by atoms with Crippen LogP contribution in [0.2, 0.25) is 0 Å². The highest BCUT2D eigenvalue weighted by Crippen LogP contribution is 2.34. The van der Waals surface area contributed by atoms with Crippen molar-refractivity contribution in [3.8, 4) is 28.8 Å². The summed E-state index contributed by atoms with van der Waals surface area (Å²) in [5.74, 6) is -0.349. The molecule has 38 heavy (non-hydrogen) atoms. The summed E-state index contributed by atoms with van der Waals surface area (Å²) in [5.41, 5.74) is 3.53. The minimum Gasteiger partial charge on any atom is -0.496 e. The van der Waals surface area contributed by atoms with Gasteiger partial charge in [0.15, 0.2) is 0 Å². The SMILES string of the molecule is COc1ccc(-c2nn(-c3ccccc3)cc2/C=C2/C(=O)N(CC3CCCO3)C(=O)C(C#N)=C2C)cc1Br. The zero-order valence-corrected chi connectivity index (χ0v) is 22.6. The molecule has 1 fully saturated rings. The molecule has 0 spiro atoms. The normalized spacial score (nSPS) is 18.8. The van der Waals surface area contributed by atoms with E-state index in [4.69, 9.17) is 14.6 Å². The van der Waals surface area contributed by atoms with Gasteiger partial charge in [0.25, 0.3) is 11.8 Å². The Balaban J connectivity index is 1.65. The lowest BCUT2D eigenvalue weighted by Crippen LogP contribution is -2.46. The Morgan fingerprint density at radius 2 is 2.00 bits per heavy atom. The average molecular weight is 573 g/mol. The van der Waals surface area contributed by atoms with Crippen LogP contribution in [0.4, 0.5) is 0 Å². The second-order valence-corrected chi connectivity index (χ2v) is 9.94. The van der Waals surface area contributed by atoms with Gasteiger partial charge < -0.3 is 9.47 Å². The number of hydrogen-bond donors (Lipinski definition) is 0. The number of ether oxygens (including phenoxy) is 2. The van der Waals surface area contributed by atoms with Gasteiger partial charge in [0.1, 0.15) is 23.1 Å². The number of methoxy groups -OCH3 is 1. The van der Waals surface area contributed by atoms with Gasteiger partial charge in [-0.2, -0.15) is 10.4 Å².